The fourth-order valence-corrected chi connectivity index (χ4v) is 5.67. The van der Waals surface area contributed by atoms with Crippen molar-refractivity contribution in [1.29, 1.82) is 0 Å². The normalized spacial score (nSPS) is 18.5. The van der Waals surface area contributed by atoms with Crippen LogP contribution in [0.5, 0.6) is 0 Å². The van der Waals surface area contributed by atoms with Gasteiger partial charge in [0.05, 0.1) is 6.42 Å². The number of fused-ring (bicyclic) bond motifs is 1. The number of aryl methyl sites for hydroxylation is 1. The molecular formula is C33H33N5O7. The monoisotopic (exact) mass is 611 g/mol. The van der Waals surface area contributed by atoms with Crippen LogP contribution in [0.4, 0.5) is 17.1 Å². The molecule has 3 aromatic carbocycles. The van der Waals surface area contributed by atoms with E-state index in [0.29, 0.717) is 11.1 Å². The Bertz CT molecular complexity index is 1970. The zero-order valence-corrected chi connectivity index (χ0v) is 25.0. The molecule has 1 aromatic heterocycles. The highest BCUT2D eigenvalue weighted by Crippen LogP contribution is 2.42. The summed E-state index contributed by atoms with van der Waals surface area (Å²) in [7, 11) is 0. The van der Waals surface area contributed by atoms with Crippen LogP contribution in [0.15, 0.2) is 76.4 Å². The lowest BCUT2D eigenvalue weighted by Crippen LogP contribution is -2.54. The summed E-state index contributed by atoms with van der Waals surface area (Å²) >= 11 is 0. The lowest BCUT2D eigenvalue weighted by molar-refractivity contribution is -0.155. The van der Waals surface area contributed by atoms with E-state index in [0.717, 1.165) is 26.7 Å². The van der Waals surface area contributed by atoms with Gasteiger partial charge in [-0.15, -0.1) is 0 Å². The summed E-state index contributed by atoms with van der Waals surface area (Å²) in [6.07, 6.45) is -0.0994. The lowest BCUT2D eigenvalue weighted by atomic mass is 10.1. The summed E-state index contributed by atoms with van der Waals surface area (Å²) in [5, 5.41) is 20.7. The number of carbonyl (C=O) groups is 3. The van der Waals surface area contributed by atoms with Gasteiger partial charge in [0.2, 0.25) is 12.2 Å². The molecule has 12 heteroatoms. The first kappa shape index (κ1) is 29.8. The molecule has 1 saturated carbocycles. The smallest absolute Gasteiger partial charge is 0.332 e. The van der Waals surface area contributed by atoms with Crippen LogP contribution in [-0.4, -0.2) is 44.4 Å². The molecule has 1 unspecified atom stereocenters. The van der Waals surface area contributed by atoms with E-state index in [1.807, 2.05) is 48.5 Å². The molecule has 2 heterocycles. The molecular weight excluding hydrogens is 578 g/mol. The van der Waals surface area contributed by atoms with Gasteiger partial charge < -0.3 is 25.8 Å². The van der Waals surface area contributed by atoms with Gasteiger partial charge in [0.25, 0.3) is 11.5 Å². The highest BCUT2D eigenvalue weighted by Gasteiger charge is 2.55. The average Bonchev–Trinajstić information content (AvgIpc) is 3.73. The van der Waals surface area contributed by atoms with Crippen molar-refractivity contribution < 1.29 is 24.2 Å². The van der Waals surface area contributed by atoms with Crippen molar-refractivity contribution in [3.63, 3.8) is 0 Å². The molecule has 1 aliphatic heterocycles. The van der Waals surface area contributed by atoms with Crippen molar-refractivity contribution in [2.75, 3.05) is 10.6 Å². The van der Waals surface area contributed by atoms with E-state index in [9.17, 15) is 29.1 Å². The number of nitrogens with one attached hydrogen (secondary N) is 3. The maximum absolute atomic E-state index is 13.7. The van der Waals surface area contributed by atoms with Gasteiger partial charge in [0.1, 0.15) is 17.3 Å². The molecule has 12 nitrogen and oxygen atoms in total. The van der Waals surface area contributed by atoms with E-state index in [4.69, 9.17) is 4.74 Å². The number of hydrogen-bond donors (Lipinski definition) is 4. The summed E-state index contributed by atoms with van der Waals surface area (Å²) in [6, 6.07) is 17.9. The van der Waals surface area contributed by atoms with Crippen LogP contribution in [0.25, 0.3) is 10.8 Å². The van der Waals surface area contributed by atoms with E-state index >= 15 is 0 Å². The average molecular weight is 612 g/mol. The number of ether oxygens (including phenoxy) is 1. The number of aliphatic hydroxyl groups is 1. The minimum Gasteiger partial charge on any atom is -0.434 e. The van der Waals surface area contributed by atoms with Gasteiger partial charge in [-0.3, -0.25) is 23.7 Å². The summed E-state index contributed by atoms with van der Waals surface area (Å²) in [5.41, 5.74) is -0.582. The Hall–Kier alpha value is -5.23. The van der Waals surface area contributed by atoms with E-state index in [1.165, 1.54) is 10.8 Å². The fraction of sp³-hybridized carbons (Fsp3) is 0.303. The van der Waals surface area contributed by atoms with Crippen molar-refractivity contribution in [2.45, 2.75) is 63.9 Å². The van der Waals surface area contributed by atoms with Crippen LogP contribution in [0.2, 0.25) is 0 Å². The number of aliphatic hydroxyl groups excluding tert-OH is 1. The van der Waals surface area contributed by atoms with E-state index in [1.54, 1.807) is 32.9 Å². The van der Waals surface area contributed by atoms with Crippen LogP contribution < -0.4 is 27.2 Å². The Morgan fingerprint density at radius 2 is 1.67 bits per heavy atom. The predicted octanol–water partition coefficient (Wildman–Crippen LogP) is 3.29. The van der Waals surface area contributed by atoms with Gasteiger partial charge in [0.15, 0.2) is 0 Å². The van der Waals surface area contributed by atoms with Crippen LogP contribution in [0.1, 0.15) is 55.1 Å². The van der Waals surface area contributed by atoms with Crippen LogP contribution >= 0.6 is 0 Å². The third-order valence-corrected chi connectivity index (χ3v) is 8.30. The molecule has 45 heavy (non-hydrogen) atoms. The van der Waals surface area contributed by atoms with Gasteiger partial charge >= 0.3 is 11.7 Å². The Balaban J connectivity index is 1.26. The molecule has 4 aromatic rings. The van der Waals surface area contributed by atoms with E-state index < -0.39 is 52.9 Å². The van der Waals surface area contributed by atoms with Crippen LogP contribution in [0.3, 0.4) is 0 Å². The van der Waals surface area contributed by atoms with Crippen molar-refractivity contribution in [2.24, 2.45) is 0 Å². The van der Waals surface area contributed by atoms with E-state index in [2.05, 4.69) is 16.0 Å². The molecule has 2 aliphatic rings. The molecule has 0 bridgehead atoms. The standard InChI is InChI=1S/C33H33N5O7/c1-18(2)37-17-26(29(41)38(32(37)44)33(12-13-33)31(43)36-25-16-27(39)45-30(25)42)35-28(40)24-11-10-22(14-19(24)3)34-23-9-8-20-6-4-5-7-21(20)15-23/h4-11,14-15,17-18,25,30,34,42H,12-13,16H2,1-3H3,(H,35,40)(H,36,43)/t25-,30?/m0/s1. The van der Waals surface area contributed by atoms with Crippen molar-refractivity contribution in [3.8, 4) is 0 Å². The highest BCUT2D eigenvalue weighted by atomic mass is 16.6. The third-order valence-electron chi connectivity index (χ3n) is 8.30. The van der Waals surface area contributed by atoms with Crippen LogP contribution in [0, 0.1) is 6.92 Å². The molecule has 2 atom stereocenters. The number of anilines is 3. The fourth-order valence-electron chi connectivity index (χ4n) is 5.67. The number of carbonyl (C=O) groups excluding carboxylic acids is 3. The number of benzene rings is 3. The zero-order valence-electron chi connectivity index (χ0n) is 25.0. The third kappa shape index (κ3) is 5.60. The van der Waals surface area contributed by atoms with Gasteiger partial charge in [0, 0.05) is 29.2 Å². The second-order valence-corrected chi connectivity index (χ2v) is 11.8. The Morgan fingerprint density at radius 3 is 2.31 bits per heavy atom. The maximum atomic E-state index is 13.7. The number of aromatic nitrogens is 2. The van der Waals surface area contributed by atoms with Crippen molar-refractivity contribution >= 4 is 45.6 Å². The molecule has 1 aliphatic carbocycles. The topological polar surface area (TPSA) is 161 Å². The SMILES string of the molecule is Cc1cc(Nc2ccc3ccccc3c2)ccc1C(=O)Nc1cn(C(C)C)c(=O)n(C2(C(=O)N[C@H]3CC(=O)OC3O)CC2)c1=O. The van der Waals surface area contributed by atoms with E-state index in [-0.39, 0.29) is 24.9 Å². The van der Waals surface area contributed by atoms with Gasteiger partial charge in [-0.05, 0) is 80.3 Å². The molecule has 0 radical (unpaired) electrons. The summed E-state index contributed by atoms with van der Waals surface area (Å²) < 4.78 is 6.84. The Labute approximate surface area is 257 Å². The minimum absolute atomic E-state index is 0.162. The molecule has 6 rings (SSSR count). The predicted molar refractivity (Wildman–Crippen MR) is 168 cm³/mol. The second-order valence-electron chi connectivity index (χ2n) is 11.8. The summed E-state index contributed by atoms with van der Waals surface area (Å²) in [5.74, 6) is -1.91. The number of nitrogens with zero attached hydrogens (tertiary/aromatic N) is 2. The molecule has 2 fully saturated rings. The highest BCUT2D eigenvalue weighted by molar-refractivity contribution is 6.05. The lowest BCUT2D eigenvalue weighted by Gasteiger charge is -2.23. The maximum Gasteiger partial charge on any atom is 0.332 e. The van der Waals surface area contributed by atoms with Gasteiger partial charge in [-0.25, -0.2) is 9.36 Å². The molecule has 1 saturated heterocycles. The number of esters is 1. The first-order chi connectivity index (χ1) is 21.5. The quantitative estimate of drug-likeness (QED) is 0.221. The first-order valence-corrected chi connectivity index (χ1v) is 14.7. The van der Waals surface area contributed by atoms with Crippen molar-refractivity contribution in [3.05, 3.63) is 98.8 Å². The van der Waals surface area contributed by atoms with Gasteiger partial charge in [-0.1, -0.05) is 30.3 Å². The number of amides is 2. The van der Waals surface area contributed by atoms with Gasteiger partial charge in [-0.2, -0.15) is 0 Å². The number of cyclic esters (lactones) is 1. The number of hydrogen-bond acceptors (Lipinski definition) is 8. The Morgan fingerprint density at radius 1 is 0.978 bits per heavy atom. The molecule has 0 spiro atoms. The molecule has 4 N–H and O–H groups in total. The summed E-state index contributed by atoms with van der Waals surface area (Å²) in [6.45, 7) is 5.26. The summed E-state index contributed by atoms with van der Waals surface area (Å²) in [4.78, 5) is 65.6. The Kier molecular flexibility index (Phi) is 7.53. The molecule has 2 amide bonds. The minimum atomic E-state index is -1.52. The van der Waals surface area contributed by atoms with Crippen molar-refractivity contribution in [1.82, 2.24) is 14.5 Å². The van der Waals surface area contributed by atoms with Crippen LogP contribution in [-0.2, 0) is 19.9 Å². The zero-order chi connectivity index (χ0) is 32.0. The number of rotatable bonds is 8. The largest absolute Gasteiger partial charge is 0.434 e. The molecule has 232 valence electrons. The first-order valence-electron chi connectivity index (χ1n) is 14.7. The second kappa shape index (κ2) is 11.4.